The minimum Gasteiger partial charge on any atom is -0.399 e. The van der Waals surface area contributed by atoms with Crippen molar-refractivity contribution in [3.05, 3.63) is 77.9 Å². The highest BCUT2D eigenvalue weighted by molar-refractivity contribution is 7.85. The van der Waals surface area contributed by atoms with Crippen molar-refractivity contribution in [1.29, 1.82) is 0 Å². The molecule has 0 bridgehead atoms. The van der Waals surface area contributed by atoms with E-state index in [1.54, 1.807) is 18.2 Å². The number of anilines is 2. The molecule has 0 spiro atoms. The van der Waals surface area contributed by atoms with Gasteiger partial charge in [0.1, 0.15) is 5.69 Å². The molecule has 4 aromatic carbocycles. The molecule has 0 saturated heterocycles. The van der Waals surface area contributed by atoms with E-state index >= 15 is 0 Å². The predicted octanol–water partition coefficient (Wildman–Crippen LogP) is 5.95. The summed E-state index contributed by atoms with van der Waals surface area (Å²) in [6.07, 6.45) is 0. The van der Waals surface area contributed by atoms with Crippen LogP contribution in [0.15, 0.2) is 81.9 Å². The summed E-state index contributed by atoms with van der Waals surface area (Å²) in [5.74, 6) is 0. The zero-order valence-electron chi connectivity index (χ0n) is 17.6. The van der Waals surface area contributed by atoms with Crippen LogP contribution in [0.5, 0.6) is 0 Å². The highest BCUT2D eigenvalue weighted by atomic mass is 32.2. The summed E-state index contributed by atoms with van der Waals surface area (Å²) in [5, 5.41) is 9.95. The summed E-state index contributed by atoms with van der Waals surface area (Å²) in [7, 11) is -4.30. The Morgan fingerprint density at radius 1 is 0.750 bits per heavy atom. The number of hydrogen-bond acceptors (Lipinski definition) is 6. The Morgan fingerprint density at radius 3 is 2.06 bits per heavy atom. The normalized spacial score (nSPS) is 12.0. The van der Waals surface area contributed by atoms with Crippen LogP contribution < -0.4 is 11.5 Å². The fourth-order valence-corrected chi connectivity index (χ4v) is 4.00. The third-order valence-corrected chi connectivity index (χ3v) is 6.20. The van der Waals surface area contributed by atoms with Crippen molar-refractivity contribution in [3.8, 4) is 11.1 Å². The molecule has 0 atom stereocenters. The van der Waals surface area contributed by atoms with E-state index in [4.69, 9.17) is 11.5 Å². The first-order valence-electron chi connectivity index (χ1n) is 9.82. The van der Waals surface area contributed by atoms with Crippen molar-refractivity contribution in [2.24, 2.45) is 10.2 Å². The standard InChI is InChI=1S/C24H22N4O3S/c1-14-11-16(3-8-21(14)25)17-5-10-23(15(2)12-17)27-28-24-20-7-6-19(32(29,30)31)13-18(20)4-9-22(24)26/h3-13H,25-26H2,1-2H3,(H,29,30,31)/b28-27+. The second-order valence-corrected chi connectivity index (χ2v) is 9.06. The second-order valence-electron chi connectivity index (χ2n) is 7.63. The maximum absolute atomic E-state index is 11.4. The molecule has 0 aliphatic carbocycles. The van der Waals surface area contributed by atoms with Gasteiger partial charge < -0.3 is 11.5 Å². The quantitative estimate of drug-likeness (QED) is 0.202. The number of hydrogen-bond donors (Lipinski definition) is 3. The van der Waals surface area contributed by atoms with E-state index in [9.17, 15) is 13.0 Å². The lowest BCUT2D eigenvalue weighted by molar-refractivity contribution is 0.483. The zero-order valence-corrected chi connectivity index (χ0v) is 18.4. The van der Waals surface area contributed by atoms with E-state index in [0.29, 0.717) is 27.8 Å². The molecule has 0 heterocycles. The molecule has 32 heavy (non-hydrogen) atoms. The molecule has 5 N–H and O–H groups in total. The van der Waals surface area contributed by atoms with Crippen LogP contribution in [-0.4, -0.2) is 13.0 Å². The molecule has 0 amide bonds. The van der Waals surface area contributed by atoms with Crippen LogP contribution in [0.4, 0.5) is 22.7 Å². The number of aryl methyl sites for hydroxylation is 2. The number of fused-ring (bicyclic) bond motifs is 1. The van der Waals surface area contributed by atoms with Gasteiger partial charge in [-0.2, -0.15) is 13.5 Å². The summed E-state index contributed by atoms with van der Waals surface area (Å²) in [6, 6.07) is 19.4. The monoisotopic (exact) mass is 446 g/mol. The fourth-order valence-electron chi connectivity index (χ4n) is 3.49. The Kier molecular flexibility index (Phi) is 5.41. The molecule has 4 rings (SSSR count). The van der Waals surface area contributed by atoms with Crippen molar-refractivity contribution in [3.63, 3.8) is 0 Å². The fraction of sp³-hybridized carbons (Fsp3) is 0.0833. The average Bonchev–Trinajstić information content (AvgIpc) is 2.74. The summed E-state index contributed by atoms with van der Waals surface area (Å²) < 4.78 is 32.1. The highest BCUT2D eigenvalue weighted by Gasteiger charge is 2.13. The van der Waals surface area contributed by atoms with Crippen LogP contribution in [0.25, 0.3) is 21.9 Å². The molecule has 7 nitrogen and oxygen atoms in total. The van der Waals surface area contributed by atoms with Gasteiger partial charge >= 0.3 is 0 Å². The Bertz CT molecular complexity index is 1500. The van der Waals surface area contributed by atoms with Gasteiger partial charge in [-0.05, 0) is 84.0 Å². The number of azo groups is 1. The number of nitrogens with zero attached hydrogens (tertiary/aromatic N) is 2. The lowest BCUT2D eigenvalue weighted by Gasteiger charge is -2.09. The van der Waals surface area contributed by atoms with Crippen molar-refractivity contribution in [2.75, 3.05) is 11.5 Å². The van der Waals surface area contributed by atoms with Crippen molar-refractivity contribution in [2.45, 2.75) is 18.7 Å². The first-order valence-corrected chi connectivity index (χ1v) is 11.3. The van der Waals surface area contributed by atoms with Crippen molar-refractivity contribution >= 4 is 43.6 Å². The summed E-state index contributed by atoms with van der Waals surface area (Å²) in [6.45, 7) is 3.93. The van der Waals surface area contributed by atoms with E-state index < -0.39 is 10.1 Å². The topological polar surface area (TPSA) is 131 Å². The van der Waals surface area contributed by atoms with Crippen LogP contribution in [0.3, 0.4) is 0 Å². The van der Waals surface area contributed by atoms with Gasteiger partial charge in [-0.25, -0.2) is 0 Å². The van der Waals surface area contributed by atoms with E-state index in [1.807, 2.05) is 50.2 Å². The first kappa shape index (κ1) is 21.5. The van der Waals surface area contributed by atoms with Gasteiger partial charge in [-0.3, -0.25) is 4.55 Å². The Balaban J connectivity index is 1.71. The van der Waals surface area contributed by atoms with E-state index in [1.165, 1.54) is 12.1 Å². The predicted molar refractivity (Wildman–Crippen MR) is 128 cm³/mol. The summed E-state index contributed by atoms with van der Waals surface area (Å²) in [5.41, 5.74) is 18.4. The third-order valence-electron chi connectivity index (χ3n) is 5.35. The Hall–Kier alpha value is -3.75. The smallest absolute Gasteiger partial charge is 0.294 e. The maximum Gasteiger partial charge on any atom is 0.294 e. The number of nitrogen functional groups attached to an aromatic ring is 2. The number of nitrogens with two attached hydrogens (primary N) is 2. The third kappa shape index (κ3) is 4.18. The van der Waals surface area contributed by atoms with E-state index in [2.05, 4.69) is 10.2 Å². The second kappa shape index (κ2) is 8.07. The number of benzene rings is 4. The minimum atomic E-state index is -4.30. The van der Waals surface area contributed by atoms with Crippen LogP contribution in [-0.2, 0) is 10.1 Å². The molecule has 0 aliphatic rings. The van der Waals surface area contributed by atoms with Crippen molar-refractivity contribution in [1.82, 2.24) is 0 Å². The van der Waals surface area contributed by atoms with E-state index in [-0.39, 0.29) is 4.90 Å². The molecule has 162 valence electrons. The van der Waals surface area contributed by atoms with Gasteiger partial charge in [0.25, 0.3) is 10.1 Å². The number of rotatable bonds is 4. The molecular weight excluding hydrogens is 424 g/mol. The Morgan fingerprint density at radius 2 is 1.41 bits per heavy atom. The lowest BCUT2D eigenvalue weighted by Crippen LogP contribution is -1.97. The lowest BCUT2D eigenvalue weighted by atomic mass is 10.0. The van der Waals surface area contributed by atoms with Gasteiger partial charge in [0.05, 0.1) is 16.3 Å². The zero-order chi connectivity index (χ0) is 23.0. The molecule has 0 radical (unpaired) electrons. The van der Waals surface area contributed by atoms with Gasteiger partial charge in [0.15, 0.2) is 0 Å². The highest BCUT2D eigenvalue weighted by Crippen LogP contribution is 2.35. The molecule has 0 saturated carbocycles. The summed E-state index contributed by atoms with van der Waals surface area (Å²) >= 11 is 0. The minimum absolute atomic E-state index is 0.193. The van der Waals surface area contributed by atoms with E-state index in [0.717, 1.165) is 27.9 Å². The maximum atomic E-state index is 11.4. The molecule has 0 unspecified atom stereocenters. The molecular formula is C24H22N4O3S. The van der Waals surface area contributed by atoms with Gasteiger partial charge in [0, 0.05) is 11.1 Å². The van der Waals surface area contributed by atoms with Crippen LogP contribution in [0.1, 0.15) is 11.1 Å². The SMILES string of the molecule is Cc1cc(-c2ccc(/N=N/c3c(N)ccc4cc(S(=O)(=O)O)ccc34)c(C)c2)ccc1N. The average molecular weight is 447 g/mol. The summed E-state index contributed by atoms with van der Waals surface area (Å²) in [4.78, 5) is -0.193. The molecule has 4 aromatic rings. The molecule has 8 heteroatoms. The van der Waals surface area contributed by atoms with Gasteiger partial charge in [-0.1, -0.05) is 24.3 Å². The van der Waals surface area contributed by atoms with Crippen molar-refractivity contribution < 1.29 is 13.0 Å². The first-order chi connectivity index (χ1) is 15.1. The van der Waals surface area contributed by atoms with Crippen LogP contribution in [0, 0.1) is 13.8 Å². The molecule has 0 aliphatic heterocycles. The molecule has 0 fully saturated rings. The van der Waals surface area contributed by atoms with Crippen LogP contribution >= 0.6 is 0 Å². The van der Waals surface area contributed by atoms with Crippen LogP contribution in [0.2, 0.25) is 0 Å². The molecule has 0 aromatic heterocycles. The van der Waals surface area contributed by atoms with Gasteiger partial charge in [-0.15, -0.1) is 5.11 Å². The van der Waals surface area contributed by atoms with Gasteiger partial charge in [0.2, 0.25) is 0 Å². The largest absolute Gasteiger partial charge is 0.399 e. The Labute approximate surface area is 186 Å².